The zero-order valence-corrected chi connectivity index (χ0v) is 21.2. The third-order valence-corrected chi connectivity index (χ3v) is 5.43. The molecule has 188 valence electrons. The number of aliphatic hydroxyl groups excluding tert-OH is 1. The van der Waals surface area contributed by atoms with Gasteiger partial charge < -0.3 is 19.3 Å². The van der Waals surface area contributed by atoms with Gasteiger partial charge in [0.05, 0.1) is 32.0 Å². The molecule has 2 aromatic carbocycles. The number of nitrogens with zero attached hydrogens (tertiary/aromatic N) is 3. The fourth-order valence-electron chi connectivity index (χ4n) is 3.99. The summed E-state index contributed by atoms with van der Waals surface area (Å²) >= 11 is 0. The molecule has 7 nitrogen and oxygen atoms in total. The molecule has 1 heterocycles. The summed E-state index contributed by atoms with van der Waals surface area (Å²) in [5.41, 5.74) is 2.85. The van der Waals surface area contributed by atoms with Gasteiger partial charge in [0.15, 0.2) is 0 Å². The second-order valence-electron chi connectivity index (χ2n) is 8.97. The Bertz CT molecular complexity index is 1050. The topological polar surface area (TPSA) is 69.0 Å². The molecule has 0 aliphatic rings. The Morgan fingerprint density at radius 1 is 1.06 bits per heavy atom. The molecular weight excluding hydrogens is 442 g/mol. The van der Waals surface area contributed by atoms with Crippen LogP contribution in [0.15, 0.2) is 67.3 Å². The van der Waals surface area contributed by atoms with Crippen LogP contribution in [0.4, 0.5) is 0 Å². The summed E-state index contributed by atoms with van der Waals surface area (Å²) in [4.78, 5) is 2.23. The van der Waals surface area contributed by atoms with Gasteiger partial charge in [0.1, 0.15) is 17.2 Å². The first kappa shape index (κ1) is 26.5. The third-order valence-electron chi connectivity index (χ3n) is 5.43. The maximum absolute atomic E-state index is 10.6. The number of benzene rings is 2. The van der Waals surface area contributed by atoms with E-state index in [1.165, 1.54) is 0 Å². The standard InChI is InChI=1S/C28H37N3O4/c1-6-16-34-20-23(32)18-31(17-21(2)3)19-26-27(22-10-8-7-9-11-22)29-30(4)28(26)35-25-14-12-24(33-5)13-15-25/h6-15,21,23,32H,1,16-20H2,2-5H3/t23-/m0/s1. The molecule has 0 unspecified atom stereocenters. The Labute approximate surface area is 208 Å². The molecule has 3 rings (SSSR count). The number of rotatable bonds is 14. The van der Waals surface area contributed by atoms with Crippen molar-refractivity contribution in [1.29, 1.82) is 0 Å². The Hall–Kier alpha value is -3.13. The summed E-state index contributed by atoms with van der Waals surface area (Å²) in [5, 5.41) is 15.4. The molecule has 0 saturated heterocycles. The first-order valence-electron chi connectivity index (χ1n) is 11.9. The molecule has 7 heteroatoms. The van der Waals surface area contributed by atoms with Gasteiger partial charge in [-0.25, -0.2) is 4.68 Å². The van der Waals surface area contributed by atoms with Crippen molar-refractivity contribution < 1.29 is 19.3 Å². The lowest BCUT2D eigenvalue weighted by Crippen LogP contribution is -2.37. The zero-order chi connectivity index (χ0) is 25.2. The van der Waals surface area contributed by atoms with Crippen molar-refractivity contribution >= 4 is 0 Å². The Balaban J connectivity index is 1.94. The fourth-order valence-corrected chi connectivity index (χ4v) is 3.99. The van der Waals surface area contributed by atoms with Crippen LogP contribution in [0.3, 0.4) is 0 Å². The summed E-state index contributed by atoms with van der Waals surface area (Å²) in [5.74, 6) is 2.55. The smallest absolute Gasteiger partial charge is 0.222 e. The second kappa shape index (κ2) is 13.1. The normalized spacial score (nSPS) is 12.2. The SMILES string of the molecule is C=CCOC[C@@H](O)CN(Cc1c(-c2ccccc2)nn(C)c1Oc1ccc(OC)cc1)CC(C)C. The number of methoxy groups -OCH3 is 1. The highest BCUT2D eigenvalue weighted by atomic mass is 16.5. The van der Waals surface area contributed by atoms with Gasteiger partial charge in [0, 0.05) is 32.2 Å². The molecule has 35 heavy (non-hydrogen) atoms. The van der Waals surface area contributed by atoms with E-state index < -0.39 is 6.10 Å². The van der Waals surface area contributed by atoms with Crippen LogP contribution in [-0.2, 0) is 18.3 Å². The van der Waals surface area contributed by atoms with Crippen molar-refractivity contribution in [3.8, 4) is 28.6 Å². The van der Waals surface area contributed by atoms with Gasteiger partial charge in [-0.15, -0.1) is 6.58 Å². The van der Waals surface area contributed by atoms with Gasteiger partial charge in [0.2, 0.25) is 5.88 Å². The lowest BCUT2D eigenvalue weighted by Gasteiger charge is -2.27. The van der Waals surface area contributed by atoms with Crippen LogP contribution in [0.25, 0.3) is 11.3 Å². The number of hydrogen-bond donors (Lipinski definition) is 1. The van der Waals surface area contributed by atoms with Crippen LogP contribution < -0.4 is 9.47 Å². The molecule has 0 spiro atoms. The minimum absolute atomic E-state index is 0.258. The van der Waals surface area contributed by atoms with Crippen LogP contribution in [-0.4, -0.2) is 59.3 Å². The molecule has 0 fully saturated rings. The average molecular weight is 480 g/mol. The first-order valence-corrected chi connectivity index (χ1v) is 11.9. The van der Waals surface area contributed by atoms with Crippen molar-refractivity contribution in [3.05, 3.63) is 72.8 Å². The summed E-state index contributed by atoms with van der Waals surface area (Å²) in [7, 11) is 3.53. The third kappa shape index (κ3) is 7.68. The molecule has 0 aliphatic heterocycles. The molecule has 0 amide bonds. The van der Waals surface area contributed by atoms with E-state index in [1.54, 1.807) is 17.9 Å². The number of aryl methyl sites for hydroxylation is 1. The molecular formula is C28H37N3O4. The fraction of sp³-hybridized carbons (Fsp3) is 0.393. The van der Waals surface area contributed by atoms with E-state index in [1.807, 2.05) is 61.6 Å². The quantitative estimate of drug-likeness (QED) is 0.262. The Morgan fingerprint density at radius 2 is 1.74 bits per heavy atom. The number of hydrogen-bond acceptors (Lipinski definition) is 6. The van der Waals surface area contributed by atoms with Crippen molar-refractivity contribution in [1.82, 2.24) is 14.7 Å². The number of aromatic nitrogens is 2. The lowest BCUT2D eigenvalue weighted by molar-refractivity contribution is 0.0222. The monoisotopic (exact) mass is 479 g/mol. The van der Waals surface area contributed by atoms with Crippen LogP contribution in [0.1, 0.15) is 19.4 Å². The molecule has 0 saturated carbocycles. The molecule has 3 aromatic rings. The number of aliphatic hydroxyl groups is 1. The highest BCUT2D eigenvalue weighted by molar-refractivity contribution is 5.65. The molecule has 1 atom stereocenters. The van der Waals surface area contributed by atoms with Gasteiger partial charge in [-0.2, -0.15) is 5.10 Å². The predicted molar refractivity (Wildman–Crippen MR) is 139 cm³/mol. The summed E-state index contributed by atoms with van der Waals surface area (Å²) in [6, 6.07) is 17.6. The zero-order valence-electron chi connectivity index (χ0n) is 21.2. The highest BCUT2D eigenvalue weighted by Crippen LogP contribution is 2.34. The van der Waals surface area contributed by atoms with Gasteiger partial charge in [-0.1, -0.05) is 50.3 Å². The molecule has 0 radical (unpaired) electrons. The van der Waals surface area contributed by atoms with Gasteiger partial charge in [0.25, 0.3) is 0 Å². The van der Waals surface area contributed by atoms with E-state index in [2.05, 4.69) is 25.3 Å². The van der Waals surface area contributed by atoms with E-state index in [0.717, 1.165) is 29.1 Å². The Morgan fingerprint density at radius 3 is 2.37 bits per heavy atom. The average Bonchev–Trinajstić information content (AvgIpc) is 3.14. The maximum Gasteiger partial charge on any atom is 0.222 e. The van der Waals surface area contributed by atoms with Gasteiger partial charge >= 0.3 is 0 Å². The largest absolute Gasteiger partial charge is 0.497 e. The van der Waals surface area contributed by atoms with E-state index in [4.69, 9.17) is 19.3 Å². The molecule has 1 aromatic heterocycles. The van der Waals surface area contributed by atoms with E-state index in [0.29, 0.717) is 37.2 Å². The van der Waals surface area contributed by atoms with Crippen LogP contribution >= 0.6 is 0 Å². The van der Waals surface area contributed by atoms with Crippen LogP contribution in [0, 0.1) is 5.92 Å². The molecule has 0 aliphatic carbocycles. The number of ether oxygens (including phenoxy) is 3. The maximum atomic E-state index is 10.6. The van der Waals surface area contributed by atoms with Crippen molar-refractivity contribution in [2.75, 3.05) is 33.4 Å². The summed E-state index contributed by atoms with van der Waals surface area (Å²) in [6.07, 6.45) is 1.07. The van der Waals surface area contributed by atoms with Crippen molar-refractivity contribution in [2.45, 2.75) is 26.5 Å². The first-order chi connectivity index (χ1) is 16.9. The van der Waals surface area contributed by atoms with Crippen molar-refractivity contribution in [2.24, 2.45) is 13.0 Å². The lowest BCUT2D eigenvalue weighted by atomic mass is 10.1. The van der Waals surface area contributed by atoms with Crippen LogP contribution in [0.5, 0.6) is 17.4 Å². The van der Waals surface area contributed by atoms with Crippen molar-refractivity contribution in [3.63, 3.8) is 0 Å². The van der Waals surface area contributed by atoms with E-state index in [9.17, 15) is 5.11 Å². The highest BCUT2D eigenvalue weighted by Gasteiger charge is 2.24. The molecule has 1 N–H and O–H groups in total. The molecule has 0 bridgehead atoms. The minimum atomic E-state index is -0.614. The predicted octanol–water partition coefficient (Wildman–Crippen LogP) is 4.91. The van der Waals surface area contributed by atoms with Gasteiger partial charge in [-0.3, -0.25) is 4.90 Å². The van der Waals surface area contributed by atoms with E-state index in [-0.39, 0.29) is 6.61 Å². The van der Waals surface area contributed by atoms with Crippen LogP contribution in [0.2, 0.25) is 0 Å². The minimum Gasteiger partial charge on any atom is -0.497 e. The Kier molecular flexibility index (Phi) is 9.90. The van der Waals surface area contributed by atoms with Gasteiger partial charge in [-0.05, 0) is 30.2 Å². The second-order valence-corrected chi connectivity index (χ2v) is 8.97. The summed E-state index contributed by atoms with van der Waals surface area (Å²) < 4.78 is 18.9. The summed E-state index contributed by atoms with van der Waals surface area (Å²) in [6.45, 7) is 10.5. The van der Waals surface area contributed by atoms with E-state index >= 15 is 0 Å².